The summed E-state index contributed by atoms with van der Waals surface area (Å²) in [5.41, 5.74) is -0.0358. The Bertz CT molecular complexity index is 783. The third-order valence-electron chi connectivity index (χ3n) is 2.78. The number of halogens is 2. The molecule has 0 aromatic heterocycles. The van der Waals surface area contributed by atoms with Gasteiger partial charge in [-0.05, 0) is 35.9 Å². The largest absolute Gasteiger partial charge is 0.478 e. The summed E-state index contributed by atoms with van der Waals surface area (Å²) in [5.74, 6) is -3.49. The summed E-state index contributed by atoms with van der Waals surface area (Å²) in [7, 11) is -3.99. The van der Waals surface area contributed by atoms with Gasteiger partial charge in [-0.2, -0.15) is 0 Å². The van der Waals surface area contributed by atoms with Crippen LogP contribution < -0.4 is 0 Å². The number of hydrogen-bond acceptors (Lipinski definition) is 3. The first-order valence-electron chi connectivity index (χ1n) is 5.79. The summed E-state index contributed by atoms with van der Waals surface area (Å²) in [6.07, 6.45) is 0. The monoisotopic (exact) mass is 312 g/mol. The van der Waals surface area contributed by atoms with E-state index in [1.807, 2.05) is 0 Å². The van der Waals surface area contributed by atoms with Crippen molar-refractivity contribution in [2.75, 3.05) is 0 Å². The van der Waals surface area contributed by atoms with Gasteiger partial charge in [0, 0.05) is 0 Å². The molecule has 0 amide bonds. The number of hydrogen-bond donors (Lipinski definition) is 1. The summed E-state index contributed by atoms with van der Waals surface area (Å²) < 4.78 is 50.7. The van der Waals surface area contributed by atoms with E-state index in [0.717, 1.165) is 24.3 Å². The van der Waals surface area contributed by atoms with E-state index in [2.05, 4.69) is 0 Å². The van der Waals surface area contributed by atoms with E-state index in [4.69, 9.17) is 5.11 Å². The number of carboxylic acids is 1. The van der Waals surface area contributed by atoms with Crippen molar-refractivity contribution in [3.8, 4) is 0 Å². The molecule has 21 heavy (non-hydrogen) atoms. The van der Waals surface area contributed by atoms with Crippen molar-refractivity contribution in [1.29, 1.82) is 0 Å². The van der Waals surface area contributed by atoms with E-state index in [-0.39, 0.29) is 5.56 Å². The van der Waals surface area contributed by atoms with Crippen LogP contribution in [-0.4, -0.2) is 19.5 Å². The lowest BCUT2D eigenvalue weighted by molar-refractivity contribution is 0.0696. The van der Waals surface area contributed by atoms with Crippen LogP contribution in [0, 0.1) is 11.6 Å². The molecule has 0 heterocycles. The van der Waals surface area contributed by atoms with Gasteiger partial charge < -0.3 is 5.11 Å². The van der Waals surface area contributed by atoms with Crippen LogP contribution in [0.4, 0.5) is 8.78 Å². The second-order valence-corrected chi connectivity index (χ2v) is 6.29. The van der Waals surface area contributed by atoms with Gasteiger partial charge in [0.1, 0.15) is 16.5 Å². The minimum Gasteiger partial charge on any atom is -0.478 e. The predicted octanol–water partition coefficient (Wildman–Crippen LogP) is 2.64. The van der Waals surface area contributed by atoms with Crippen LogP contribution in [0.25, 0.3) is 0 Å². The lowest BCUT2D eigenvalue weighted by Gasteiger charge is -2.07. The Balaban J connectivity index is 2.35. The van der Waals surface area contributed by atoms with Crippen LogP contribution in [0.1, 0.15) is 15.9 Å². The predicted molar refractivity (Wildman–Crippen MR) is 70.6 cm³/mol. The standard InChI is InChI=1S/C14H10F2O4S/c15-11-4-1-9(2-5-11)8-21(19,20)13-6-3-10(14(17)18)7-12(13)16/h1-7H,8H2,(H,17,18). The molecule has 4 nitrogen and oxygen atoms in total. The van der Waals surface area contributed by atoms with Gasteiger partial charge in [-0.1, -0.05) is 12.1 Å². The minimum atomic E-state index is -3.99. The van der Waals surface area contributed by atoms with Crippen LogP contribution in [0.5, 0.6) is 0 Å². The molecular weight excluding hydrogens is 302 g/mol. The maximum Gasteiger partial charge on any atom is 0.335 e. The van der Waals surface area contributed by atoms with Crippen molar-refractivity contribution in [3.63, 3.8) is 0 Å². The second kappa shape index (κ2) is 5.61. The molecule has 0 aliphatic rings. The van der Waals surface area contributed by atoms with E-state index >= 15 is 0 Å². The molecule has 0 aliphatic carbocycles. The lowest BCUT2D eigenvalue weighted by atomic mass is 10.2. The van der Waals surface area contributed by atoms with Gasteiger partial charge in [-0.25, -0.2) is 22.0 Å². The number of sulfone groups is 1. The fourth-order valence-electron chi connectivity index (χ4n) is 1.76. The SMILES string of the molecule is O=C(O)c1ccc(S(=O)(=O)Cc2ccc(F)cc2)c(F)c1. The van der Waals surface area contributed by atoms with Gasteiger partial charge in [0.05, 0.1) is 11.3 Å². The molecule has 0 saturated carbocycles. The molecule has 0 saturated heterocycles. The molecule has 2 aromatic carbocycles. The highest BCUT2D eigenvalue weighted by atomic mass is 32.2. The topological polar surface area (TPSA) is 71.4 Å². The zero-order valence-corrected chi connectivity index (χ0v) is 11.4. The smallest absolute Gasteiger partial charge is 0.335 e. The van der Waals surface area contributed by atoms with Gasteiger partial charge >= 0.3 is 5.97 Å². The van der Waals surface area contributed by atoms with Crippen LogP contribution in [-0.2, 0) is 15.6 Å². The third kappa shape index (κ3) is 3.43. The number of benzene rings is 2. The van der Waals surface area contributed by atoms with Gasteiger partial charge in [0.2, 0.25) is 0 Å². The molecule has 7 heteroatoms. The fourth-order valence-corrected chi connectivity index (χ4v) is 3.18. The van der Waals surface area contributed by atoms with Crippen molar-refractivity contribution in [3.05, 3.63) is 65.2 Å². The molecule has 0 fully saturated rings. The summed E-state index contributed by atoms with van der Waals surface area (Å²) in [6, 6.07) is 7.37. The summed E-state index contributed by atoms with van der Waals surface area (Å²) in [5, 5.41) is 8.71. The van der Waals surface area contributed by atoms with Crippen molar-refractivity contribution >= 4 is 15.8 Å². The maximum absolute atomic E-state index is 13.8. The molecule has 1 N–H and O–H groups in total. The fraction of sp³-hybridized carbons (Fsp3) is 0.0714. The van der Waals surface area contributed by atoms with Gasteiger partial charge in [-0.15, -0.1) is 0 Å². The van der Waals surface area contributed by atoms with E-state index in [0.29, 0.717) is 11.6 Å². The molecule has 0 aliphatic heterocycles. The molecule has 0 unspecified atom stereocenters. The summed E-state index contributed by atoms with van der Waals surface area (Å²) >= 11 is 0. The number of carboxylic acid groups (broad SMARTS) is 1. The minimum absolute atomic E-state index is 0.304. The van der Waals surface area contributed by atoms with Crippen LogP contribution >= 0.6 is 0 Å². The zero-order valence-electron chi connectivity index (χ0n) is 10.6. The second-order valence-electron chi connectivity index (χ2n) is 4.34. The number of carbonyl (C=O) groups is 1. The molecule has 0 bridgehead atoms. The maximum atomic E-state index is 13.8. The van der Waals surface area contributed by atoms with E-state index in [1.165, 1.54) is 12.1 Å². The molecule has 110 valence electrons. The molecule has 0 radical (unpaired) electrons. The summed E-state index contributed by atoms with van der Waals surface area (Å²) in [6.45, 7) is 0. The van der Waals surface area contributed by atoms with Crippen molar-refractivity contribution in [1.82, 2.24) is 0 Å². The van der Waals surface area contributed by atoms with E-state index in [9.17, 15) is 22.0 Å². The van der Waals surface area contributed by atoms with Crippen molar-refractivity contribution < 1.29 is 27.1 Å². The first kappa shape index (κ1) is 15.1. The van der Waals surface area contributed by atoms with Gasteiger partial charge in [0.25, 0.3) is 0 Å². The Morgan fingerprint density at radius 3 is 2.19 bits per heavy atom. The van der Waals surface area contributed by atoms with Crippen LogP contribution in [0.15, 0.2) is 47.4 Å². The summed E-state index contributed by atoms with van der Waals surface area (Å²) in [4.78, 5) is 10.1. The van der Waals surface area contributed by atoms with Crippen LogP contribution in [0.2, 0.25) is 0 Å². The average Bonchev–Trinajstić information content (AvgIpc) is 2.40. The van der Waals surface area contributed by atoms with Crippen LogP contribution in [0.3, 0.4) is 0 Å². The molecule has 0 atom stereocenters. The average molecular weight is 312 g/mol. The van der Waals surface area contributed by atoms with Gasteiger partial charge in [-0.3, -0.25) is 0 Å². The third-order valence-corrected chi connectivity index (χ3v) is 4.50. The van der Waals surface area contributed by atoms with E-state index < -0.39 is 38.1 Å². The van der Waals surface area contributed by atoms with Gasteiger partial charge in [0.15, 0.2) is 9.84 Å². The highest BCUT2D eigenvalue weighted by Crippen LogP contribution is 2.21. The normalized spacial score (nSPS) is 11.3. The van der Waals surface area contributed by atoms with Crippen molar-refractivity contribution in [2.45, 2.75) is 10.6 Å². The Kier molecular flexibility index (Phi) is 4.04. The molecule has 2 aromatic rings. The Morgan fingerprint density at radius 1 is 1.05 bits per heavy atom. The first-order chi connectivity index (χ1) is 9.79. The number of rotatable bonds is 4. The highest BCUT2D eigenvalue weighted by Gasteiger charge is 2.21. The quantitative estimate of drug-likeness (QED) is 0.942. The molecule has 0 spiro atoms. The van der Waals surface area contributed by atoms with E-state index in [1.54, 1.807) is 0 Å². The Hall–Kier alpha value is -2.28. The zero-order chi connectivity index (χ0) is 15.6. The molecule has 2 rings (SSSR count). The molecular formula is C14H10F2O4S. The first-order valence-corrected chi connectivity index (χ1v) is 7.45. The lowest BCUT2D eigenvalue weighted by Crippen LogP contribution is -2.08. The Morgan fingerprint density at radius 2 is 1.67 bits per heavy atom. The highest BCUT2D eigenvalue weighted by molar-refractivity contribution is 7.90. The number of aromatic carboxylic acids is 1. The Labute approximate surface area is 119 Å². The van der Waals surface area contributed by atoms with Crippen molar-refractivity contribution in [2.24, 2.45) is 0 Å².